The topological polar surface area (TPSA) is 85.8 Å². The molecule has 6 nitrogen and oxygen atoms in total. The number of benzene rings is 2. The molecule has 1 saturated carbocycles. The van der Waals surface area contributed by atoms with E-state index in [0.29, 0.717) is 34.0 Å². The minimum absolute atomic E-state index is 0.0121. The second kappa shape index (κ2) is 8.51. The average Bonchev–Trinajstić information content (AvgIpc) is 3.45. The van der Waals surface area contributed by atoms with Crippen molar-refractivity contribution in [2.24, 2.45) is 0 Å². The fourth-order valence-electron chi connectivity index (χ4n) is 4.30. The Morgan fingerprint density at radius 1 is 1.00 bits per heavy atom. The zero-order chi connectivity index (χ0) is 23.1. The summed E-state index contributed by atoms with van der Waals surface area (Å²) in [7, 11) is -1.98. The van der Waals surface area contributed by atoms with Crippen LogP contribution in [-0.4, -0.2) is 18.7 Å². The quantitative estimate of drug-likeness (QED) is 0.411. The van der Waals surface area contributed by atoms with Crippen molar-refractivity contribution in [2.75, 3.05) is 10.5 Å². The van der Waals surface area contributed by atoms with Gasteiger partial charge >= 0.3 is 0 Å². The van der Waals surface area contributed by atoms with Gasteiger partial charge in [0.1, 0.15) is 34.6 Å². The number of hydrogen-bond donors (Lipinski definition) is 2. The van der Waals surface area contributed by atoms with Crippen molar-refractivity contribution < 1.29 is 17.4 Å². The van der Waals surface area contributed by atoms with Crippen molar-refractivity contribution in [3.63, 3.8) is 0 Å². The fraction of sp³-hybridized carbons (Fsp3) is 0.217. The summed E-state index contributed by atoms with van der Waals surface area (Å²) in [6, 6.07) is 7.59. The lowest BCUT2D eigenvalue weighted by Gasteiger charge is -2.12. The van der Waals surface area contributed by atoms with Crippen molar-refractivity contribution in [3.8, 4) is 11.1 Å². The van der Waals surface area contributed by atoms with E-state index in [1.807, 2.05) is 6.20 Å². The van der Waals surface area contributed by atoms with Crippen molar-refractivity contribution in [1.29, 1.82) is 0 Å². The molecule has 2 aromatic heterocycles. The highest BCUT2D eigenvalue weighted by molar-refractivity contribution is 7.86. The van der Waals surface area contributed by atoms with Gasteiger partial charge in [-0.15, -0.1) is 0 Å². The van der Waals surface area contributed by atoms with Gasteiger partial charge in [0.2, 0.25) is 0 Å². The normalized spacial score (nSPS) is 15.2. The van der Waals surface area contributed by atoms with Gasteiger partial charge in [-0.2, -0.15) is 0 Å². The summed E-state index contributed by atoms with van der Waals surface area (Å²) in [6.07, 6.45) is 7.73. The van der Waals surface area contributed by atoms with Crippen LogP contribution in [0, 0.1) is 17.5 Å². The van der Waals surface area contributed by atoms with E-state index >= 15 is 0 Å². The molecule has 2 heterocycles. The van der Waals surface area contributed by atoms with E-state index in [0.717, 1.165) is 37.8 Å². The van der Waals surface area contributed by atoms with E-state index in [4.69, 9.17) is 5.73 Å². The molecular formula is C23H20F3N5OS. The van der Waals surface area contributed by atoms with Crippen LogP contribution >= 0.6 is 0 Å². The lowest BCUT2D eigenvalue weighted by Crippen LogP contribution is -2.07. The molecule has 3 N–H and O–H groups in total. The standard InChI is InChI=1S/C23H20F3N5OS/c24-17-7-6-15(10-18(17)25)33(32)30-20-8-5-13(9-19(20)26)16-11-31(14-3-1-2-4-14)23-21(16)22(27)28-12-29-23/h5-12,14,30H,1-4H2,(H2,27,28,29). The Balaban J connectivity index is 1.49. The number of aromatic nitrogens is 3. The molecule has 1 unspecified atom stereocenters. The Bertz CT molecular complexity index is 1380. The minimum Gasteiger partial charge on any atom is -0.383 e. The smallest absolute Gasteiger partial charge is 0.160 e. The predicted octanol–water partition coefficient (Wildman–Crippen LogP) is 5.35. The molecular weight excluding hydrogens is 451 g/mol. The number of rotatable bonds is 5. The Hall–Kier alpha value is -3.40. The van der Waals surface area contributed by atoms with Crippen molar-refractivity contribution in [2.45, 2.75) is 36.6 Å². The highest BCUT2D eigenvalue weighted by Crippen LogP contribution is 2.39. The van der Waals surface area contributed by atoms with Crippen LogP contribution in [0.5, 0.6) is 0 Å². The first-order valence-corrected chi connectivity index (χ1v) is 11.6. The van der Waals surface area contributed by atoms with Gasteiger partial charge in [0.05, 0.1) is 16.0 Å². The molecule has 0 radical (unpaired) electrons. The van der Waals surface area contributed by atoms with Gasteiger partial charge in [0.25, 0.3) is 0 Å². The molecule has 0 bridgehead atoms. The predicted molar refractivity (Wildman–Crippen MR) is 121 cm³/mol. The number of fused-ring (bicyclic) bond motifs is 1. The molecule has 10 heteroatoms. The van der Waals surface area contributed by atoms with Crippen LogP contribution in [0.15, 0.2) is 53.8 Å². The summed E-state index contributed by atoms with van der Waals surface area (Å²) in [4.78, 5) is 8.52. The summed E-state index contributed by atoms with van der Waals surface area (Å²) >= 11 is 0. The molecule has 170 valence electrons. The van der Waals surface area contributed by atoms with Gasteiger partial charge in [-0.1, -0.05) is 18.9 Å². The fourth-order valence-corrected chi connectivity index (χ4v) is 5.19. The molecule has 2 aromatic carbocycles. The first-order valence-electron chi connectivity index (χ1n) is 10.5. The zero-order valence-electron chi connectivity index (χ0n) is 17.4. The number of nitrogens with two attached hydrogens (primary N) is 1. The van der Waals surface area contributed by atoms with Crippen LogP contribution in [-0.2, 0) is 11.0 Å². The van der Waals surface area contributed by atoms with Crippen LogP contribution in [0.25, 0.3) is 22.2 Å². The number of nitrogen functional groups attached to an aromatic ring is 1. The highest BCUT2D eigenvalue weighted by Gasteiger charge is 2.23. The third-order valence-electron chi connectivity index (χ3n) is 5.94. The van der Waals surface area contributed by atoms with Crippen molar-refractivity contribution in [3.05, 3.63) is 66.4 Å². The van der Waals surface area contributed by atoms with Gasteiger partial charge in [0.15, 0.2) is 11.6 Å². The molecule has 0 saturated heterocycles. The maximum Gasteiger partial charge on any atom is 0.160 e. The van der Waals surface area contributed by atoms with Crippen LogP contribution in [0.2, 0.25) is 0 Å². The first-order chi connectivity index (χ1) is 15.9. The molecule has 4 aromatic rings. The maximum absolute atomic E-state index is 15.0. The van der Waals surface area contributed by atoms with Crippen LogP contribution in [0.1, 0.15) is 31.7 Å². The number of nitrogens with one attached hydrogen (secondary N) is 1. The van der Waals surface area contributed by atoms with Gasteiger partial charge in [-0.3, -0.25) is 4.72 Å². The average molecular weight is 472 g/mol. The van der Waals surface area contributed by atoms with Gasteiger partial charge in [0, 0.05) is 17.8 Å². The van der Waals surface area contributed by atoms with Crippen LogP contribution in [0.4, 0.5) is 24.7 Å². The van der Waals surface area contributed by atoms with E-state index < -0.39 is 28.4 Å². The van der Waals surface area contributed by atoms with Gasteiger partial charge in [-0.05, 0) is 48.7 Å². The molecule has 5 rings (SSSR count). The Labute approximate surface area is 190 Å². The first kappa shape index (κ1) is 21.4. The summed E-state index contributed by atoms with van der Waals surface area (Å²) in [6.45, 7) is 0. The molecule has 1 aliphatic carbocycles. The van der Waals surface area contributed by atoms with Crippen LogP contribution in [0.3, 0.4) is 0 Å². The molecule has 0 spiro atoms. The SMILES string of the molecule is Nc1ncnc2c1c(-c1ccc(NS(=O)c3ccc(F)c(F)c3)c(F)c1)cn2C1CCCC1. The minimum atomic E-state index is -1.98. The largest absolute Gasteiger partial charge is 0.383 e. The summed E-state index contributed by atoms with van der Waals surface area (Å²) < 4.78 is 58.6. The van der Waals surface area contributed by atoms with Crippen LogP contribution < -0.4 is 10.5 Å². The summed E-state index contributed by atoms with van der Waals surface area (Å²) in [5.41, 5.74) is 8.12. The van der Waals surface area contributed by atoms with E-state index in [2.05, 4.69) is 19.3 Å². The number of nitrogens with zero attached hydrogens (tertiary/aromatic N) is 3. The Morgan fingerprint density at radius 2 is 1.79 bits per heavy atom. The number of anilines is 2. The Kier molecular flexibility index (Phi) is 5.53. The molecule has 0 amide bonds. The lowest BCUT2D eigenvalue weighted by atomic mass is 10.1. The summed E-state index contributed by atoms with van der Waals surface area (Å²) in [5.74, 6) is -2.52. The van der Waals surface area contributed by atoms with E-state index in [9.17, 15) is 17.4 Å². The van der Waals surface area contributed by atoms with Crippen molar-refractivity contribution in [1.82, 2.24) is 14.5 Å². The molecule has 1 atom stereocenters. The van der Waals surface area contributed by atoms with E-state index in [-0.39, 0.29) is 10.6 Å². The lowest BCUT2D eigenvalue weighted by molar-refractivity contribution is 0.505. The number of halogens is 3. The highest BCUT2D eigenvalue weighted by atomic mass is 32.2. The van der Waals surface area contributed by atoms with E-state index in [1.54, 1.807) is 6.07 Å². The third-order valence-corrected chi connectivity index (χ3v) is 7.03. The molecule has 0 aliphatic heterocycles. The third kappa shape index (κ3) is 3.95. The second-order valence-corrected chi connectivity index (χ2v) is 9.20. The molecule has 33 heavy (non-hydrogen) atoms. The van der Waals surface area contributed by atoms with Crippen molar-refractivity contribution >= 4 is 33.5 Å². The zero-order valence-corrected chi connectivity index (χ0v) is 18.2. The van der Waals surface area contributed by atoms with Gasteiger partial charge in [-0.25, -0.2) is 27.3 Å². The van der Waals surface area contributed by atoms with E-state index in [1.165, 1.54) is 24.5 Å². The monoisotopic (exact) mass is 471 g/mol. The van der Waals surface area contributed by atoms with Gasteiger partial charge < -0.3 is 10.3 Å². The number of hydrogen-bond acceptors (Lipinski definition) is 4. The summed E-state index contributed by atoms with van der Waals surface area (Å²) in [5, 5.41) is 0.662. The maximum atomic E-state index is 15.0. The second-order valence-electron chi connectivity index (χ2n) is 7.99. The Morgan fingerprint density at radius 3 is 2.52 bits per heavy atom. The molecule has 1 fully saturated rings. The molecule has 1 aliphatic rings.